The third-order valence-corrected chi connectivity index (χ3v) is 1.77. The topological polar surface area (TPSA) is 79.5 Å². The van der Waals surface area contributed by atoms with Crippen LogP contribution in [0.2, 0.25) is 0 Å². The molecular weight excluding hydrogens is 186 g/mol. The van der Waals surface area contributed by atoms with Gasteiger partial charge in [-0.05, 0) is 6.07 Å². The number of rotatable bonds is 4. The summed E-state index contributed by atoms with van der Waals surface area (Å²) in [6.45, 7) is 1.64. The quantitative estimate of drug-likeness (QED) is 0.745. The highest BCUT2D eigenvalue weighted by Crippen LogP contribution is 2.00. The van der Waals surface area contributed by atoms with Crippen LogP contribution in [0.4, 0.5) is 0 Å². The summed E-state index contributed by atoms with van der Waals surface area (Å²) in [6.07, 6.45) is 2.69. The summed E-state index contributed by atoms with van der Waals surface area (Å²) < 4.78 is 4.71. The smallest absolute Gasteiger partial charge is 0.308 e. The molecule has 1 rings (SSSR count). The van der Waals surface area contributed by atoms with Gasteiger partial charge in [0.25, 0.3) is 5.91 Å². The first-order chi connectivity index (χ1) is 6.61. The van der Waals surface area contributed by atoms with E-state index in [0.29, 0.717) is 5.56 Å². The Hall–Kier alpha value is -1.78. The Balaban J connectivity index is 2.40. The molecule has 0 bridgehead atoms. The molecule has 0 aromatic carbocycles. The van der Waals surface area contributed by atoms with Gasteiger partial charge < -0.3 is 14.8 Å². The molecule has 0 saturated heterocycles. The Morgan fingerprint density at radius 3 is 2.86 bits per heavy atom. The lowest BCUT2D eigenvalue weighted by Gasteiger charge is -2.06. The highest BCUT2D eigenvalue weighted by Gasteiger charge is 2.13. The maximum Gasteiger partial charge on any atom is 0.308 e. The number of hydrogen-bond donors (Lipinski definition) is 2. The first kappa shape index (κ1) is 10.3. The van der Waals surface area contributed by atoms with Crippen molar-refractivity contribution in [2.24, 2.45) is 5.92 Å². The van der Waals surface area contributed by atoms with Crippen molar-refractivity contribution in [1.82, 2.24) is 5.32 Å². The molecule has 2 N–H and O–H groups in total. The van der Waals surface area contributed by atoms with Crippen molar-refractivity contribution in [3.63, 3.8) is 0 Å². The fourth-order valence-electron chi connectivity index (χ4n) is 0.829. The molecule has 1 atom stereocenters. The first-order valence-electron chi connectivity index (χ1n) is 4.14. The molecule has 0 aliphatic carbocycles. The number of carbonyl (C=O) groups is 2. The van der Waals surface area contributed by atoms with Crippen LogP contribution >= 0.6 is 0 Å². The van der Waals surface area contributed by atoms with Gasteiger partial charge in [-0.3, -0.25) is 9.59 Å². The number of carboxylic acid groups (broad SMARTS) is 1. The van der Waals surface area contributed by atoms with Crippen LogP contribution in [-0.2, 0) is 4.79 Å². The number of carbonyl (C=O) groups excluding carboxylic acids is 1. The molecule has 76 valence electrons. The maximum absolute atomic E-state index is 11.3. The number of hydrogen-bond acceptors (Lipinski definition) is 3. The van der Waals surface area contributed by atoms with E-state index in [4.69, 9.17) is 9.52 Å². The van der Waals surface area contributed by atoms with Gasteiger partial charge in [0, 0.05) is 6.54 Å². The molecule has 5 nitrogen and oxygen atoms in total. The second-order valence-electron chi connectivity index (χ2n) is 2.96. The number of amides is 1. The van der Waals surface area contributed by atoms with E-state index < -0.39 is 11.9 Å². The van der Waals surface area contributed by atoms with Crippen LogP contribution in [0.5, 0.6) is 0 Å². The van der Waals surface area contributed by atoms with E-state index in [1.165, 1.54) is 25.5 Å². The molecule has 1 heterocycles. The van der Waals surface area contributed by atoms with Gasteiger partial charge in [0.1, 0.15) is 6.26 Å². The average Bonchev–Trinajstić information content (AvgIpc) is 2.66. The summed E-state index contributed by atoms with van der Waals surface area (Å²) in [6, 6.07) is 1.51. The van der Waals surface area contributed by atoms with Crippen LogP contribution in [0.3, 0.4) is 0 Å². The maximum atomic E-state index is 11.3. The van der Waals surface area contributed by atoms with E-state index >= 15 is 0 Å². The van der Waals surface area contributed by atoms with Crippen LogP contribution in [0.25, 0.3) is 0 Å². The van der Waals surface area contributed by atoms with Crippen molar-refractivity contribution in [2.45, 2.75) is 6.92 Å². The van der Waals surface area contributed by atoms with Crippen LogP contribution in [0, 0.1) is 5.92 Å². The Morgan fingerprint density at radius 1 is 1.64 bits per heavy atom. The normalized spacial score (nSPS) is 12.1. The van der Waals surface area contributed by atoms with Crippen LogP contribution < -0.4 is 5.32 Å². The zero-order valence-electron chi connectivity index (χ0n) is 7.69. The molecular formula is C9H11NO4. The third-order valence-electron chi connectivity index (χ3n) is 1.77. The SMILES string of the molecule is CC(CNC(=O)c1ccoc1)C(=O)O. The summed E-state index contributed by atoms with van der Waals surface area (Å²) in [5, 5.41) is 11.0. The van der Waals surface area contributed by atoms with Gasteiger partial charge >= 0.3 is 5.97 Å². The summed E-state index contributed by atoms with van der Waals surface area (Å²) in [5.41, 5.74) is 0.391. The lowest BCUT2D eigenvalue weighted by Crippen LogP contribution is -2.31. The van der Waals surface area contributed by atoms with Gasteiger partial charge in [-0.2, -0.15) is 0 Å². The molecule has 0 fully saturated rings. The summed E-state index contributed by atoms with van der Waals surface area (Å²) in [7, 11) is 0. The highest BCUT2D eigenvalue weighted by atomic mass is 16.4. The fourth-order valence-corrected chi connectivity index (χ4v) is 0.829. The molecule has 1 unspecified atom stereocenters. The lowest BCUT2D eigenvalue weighted by atomic mass is 10.2. The minimum atomic E-state index is -0.933. The molecule has 14 heavy (non-hydrogen) atoms. The minimum Gasteiger partial charge on any atom is -0.481 e. The number of nitrogens with one attached hydrogen (secondary N) is 1. The fraction of sp³-hybridized carbons (Fsp3) is 0.333. The molecule has 1 aromatic rings. The number of aliphatic carboxylic acids is 1. The largest absolute Gasteiger partial charge is 0.481 e. The first-order valence-corrected chi connectivity index (χ1v) is 4.14. The standard InChI is InChI=1S/C9H11NO4/c1-6(9(12)13)4-10-8(11)7-2-3-14-5-7/h2-3,5-6H,4H2,1H3,(H,10,11)(H,12,13). The molecule has 0 radical (unpaired) electrons. The Labute approximate surface area is 80.7 Å². The van der Waals surface area contributed by atoms with E-state index in [2.05, 4.69) is 5.32 Å². The van der Waals surface area contributed by atoms with E-state index in [0.717, 1.165) is 0 Å². The van der Waals surface area contributed by atoms with Gasteiger partial charge in [0.15, 0.2) is 0 Å². The molecule has 1 aromatic heterocycles. The molecule has 0 spiro atoms. The summed E-state index contributed by atoms with van der Waals surface area (Å²) >= 11 is 0. The zero-order chi connectivity index (χ0) is 10.6. The van der Waals surface area contributed by atoms with Crippen LogP contribution in [0.15, 0.2) is 23.0 Å². The number of carboxylic acids is 1. The Morgan fingerprint density at radius 2 is 2.36 bits per heavy atom. The van der Waals surface area contributed by atoms with Gasteiger partial charge in [0.2, 0.25) is 0 Å². The molecule has 0 aliphatic rings. The minimum absolute atomic E-state index is 0.110. The van der Waals surface area contributed by atoms with E-state index in [1.54, 1.807) is 0 Å². The second-order valence-corrected chi connectivity index (χ2v) is 2.96. The predicted octanol–water partition coefficient (Wildman–Crippen LogP) is 0.730. The monoisotopic (exact) mass is 197 g/mol. The predicted molar refractivity (Wildman–Crippen MR) is 47.8 cm³/mol. The van der Waals surface area contributed by atoms with Gasteiger partial charge in [-0.1, -0.05) is 6.92 Å². The van der Waals surface area contributed by atoms with Crippen molar-refractivity contribution >= 4 is 11.9 Å². The van der Waals surface area contributed by atoms with E-state index in [-0.39, 0.29) is 12.5 Å². The van der Waals surface area contributed by atoms with Crippen LogP contribution in [-0.4, -0.2) is 23.5 Å². The van der Waals surface area contributed by atoms with Gasteiger partial charge in [0.05, 0.1) is 17.7 Å². The molecule has 5 heteroatoms. The zero-order valence-corrected chi connectivity index (χ0v) is 7.69. The Kier molecular flexibility index (Phi) is 3.28. The third kappa shape index (κ3) is 2.62. The van der Waals surface area contributed by atoms with Crippen molar-refractivity contribution in [3.8, 4) is 0 Å². The van der Waals surface area contributed by atoms with Crippen LogP contribution in [0.1, 0.15) is 17.3 Å². The Bertz CT molecular complexity index is 318. The number of furan rings is 1. The second kappa shape index (κ2) is 4.45. The van der Waals surface area contributed by atoms with Crippen molar-refractivity contribution in [3.05, 3.63) is 24.2 Å². The van der Waals surface area contributed by atoms with Crippen molar-refractivity contribution < 1.29 is 19.1 Å². The average molecular weight is 197 g/mol. The van der Waals surface area contributed by atoms with E-state index in [1.807, 2.05) is 0 Å². The van der Waals surface area contributed by atoms with Crippen molar-refractivity contribution in [2.75, 3.05) is 6.54 Å². The van der Waals surface area contributed by atoms with E-state index in [9.17, 15) is 9.59 Å². The molecule has 0 aliphatic heterocycles. The lowest BCUT2D eigenvalue weighted by molar-refractivity contribution is -0.140. The van der Waals surface area contributed by atoms with Crippen molar-refractivity contribution in [1.29, 1.82) is 0 Å². The molecule has 0 saturated carbocycles. The van der Waals surface area contributed by atoms with Gasteiger partial charge in [-0.25, -0.2) is 0 Å². The van der Waals surface area contributed by atoms with Gasteiger partial charge in [-0.15, -0.1) is 0 Å². The molecule has 1 amide bonds. The highest BCUT2D eigenvalue weighted by molar-refractivity contribution is 5.93. The summed E-state index contributed by atoms with van der Waals surface area (Å²) in [5.74, 6) is -1.85. The summed E-state index contributed by atoms with van der Waals surface area (Å²) in [4.78, 5) is 21.7.